The van der Waals surface area contributed by atoms with Gasteiger partial charge in [-0.1, -0.05) is 0 Å². The van der Waals surface area contributed by atoms with E-state index in [2.05, 4.69) is 31.8 Å². The first-order valence-electron chi connectivity index (χ1n) is 8.68. The second-order valence-corrected chi connectivity index (χ2v) is 7.05. The number of anilines is 2. The van der Waals surface area contributed by atoms with Crippen LogP contribution in [0.2, 0.25) is 0 Å². The van der Waals surface area contributed by atoms with E-state index < -0.39 is 35.6 Å². The van der Waals surface area contributed by atoms with E-state index >= 15 is 0 Å². The summed E-state index contributed by atoms with van der Waals surface area (Å²) in [4.78, 5) is 7.72. The molecule has 150 valence electrons. The van der Waals surface area contributed by atoms with Gasteiger partial charge in [-0.25, -0.2) is 13.8 Å². The quantitative estimate of drug-likeness (QED) is 0.775. The lowest BCUT2D eigenvalue weighted by molar-refractivity contribution is -0.0870. The van der Waals surface area contributed by atoms with Gasteiger partial charge in [0.1, 0.15) is 5.54 Å². The van der Waals surface area contributed by atoms with E-state index in [0.717, 1.165) is 6.20 Å². The van der Waals surface area contributed by atoms with Crippen LogP contribution in [0.25, 0.3) is 0 Å². The molecule has 2 N–H and O–H groups in total. The molecule has 1 aliphatic rings. The predicted molar refractivity (Wildman–Crippen MR) is 93.9 cm³/mol. The van der Waals surface area contributed by atoms with E-state index in [1.165, 1.54) is 10.9 Å². The Labute approximate surface area is 159 Å². The van der Waals surface area contributed by atoms with Crippen molar-refractivity contribution in [2.45, 2.75) is 31.7 Å². The minimum absolute atomic E-state index is 0.0165. The second-order valence-electron chi connectivity index (χ2n) is 7.05. The molecule has 1 unspecified atom stereocenters. The third-order valence-electron chi connectivity index (χ3n) is 4.45. The molecule has 1 aliphatic heterocycles. The van der Waals surface area contributed by atoms with Crippen molar-refractivity contribution in [3.8, 4) is 11.9 Å². The van der Waals surface area contributed by atoms with Crippen LogP contribution < -0.4 is 15.4 Å². The zero-order valence-corrected chi connectivity index (χ0v) is 15.4. The minimum Gasteiger partial charge on any atom is -0.475 e. The lowest BCUT2D eigenvalue weighted by Crippen LogP contribution is -2.48. The summed E-state index contributed by atoms with van der Waals surface area (Å²) in [5, 5.41) is 18.7. The normalized spacial score (nSPS) is 19.1. The smallest absolute Gasteiger partial charge is 0.266 e. The summed E-state index contributed by atoms with van der Waals surface area (Å²) in [6, 6.07) is 2.11. The number of rotatable bonds is 6. The molecular formula is C17H20F3N7O. The molecule has 0 aromatic carbocycles. The predicted octanol–water partition coefficient (Wildman–Crippen LogP) is 2.44. The lowest BCUT2D eigenvalue weighted by atomic mass is 9.95. The van der Waals surface area contributed by atoms with Crippen LogP contribution in [0.5, 0.6) is 5.88 Å². The van der Waals surface area contributed by atoms with Crippen molar-refractivity contribution in [2.75, 3.05) is 25.0 Å². The molecule has 0 amide bonds. The van der Waals surface area contributed by atoms with Crippen molar-refractivity contribution in [1.82, 2.24) is 25.1 Å². The highest BCUT2D eigenvalue weighted by Gasteiger charge is 2.42. The Morgan fingerprint density at radius 1 is 1.46 bits per heavy atom. The molecule has 1 fully saturated rings. The standard InChI is InChI=1S/C17H20F3N7O/c1-16(2,9-21)27-7-12(5-24-27)25-15-23-6-13(18)14(26-15)28-8-11-3-4-22-10-17(11,19)20/h5-7,11,22H,3-4,8,10H2,1-2H3,(H,23,25,26). The van der Waals surface area contributed by atoms with Gasteiger partial charge >= 0.3 is 0 Å². The van der Waals surface area contributed by atoms with Crippen LogP contribution in [0.4, 0.5) is 24.8 Å². The largest absolute Gasteiger partial charge is 0.475 e. The van der Waals surface area contributed by atoms with Gasteiger partial charge in [0.2, 0.25) is 11.8 Å². The summed E-state index contributed by atoms with van der Waals surface area (Å²) >= 11 is 0. The summed E-state index contributed by atoms with van der Waals surface area (Å²) in [6.45, 7) is 3.06. The van der Waals surface area contributed by atoms with Crippen molar-refractivity contribution in [1.29, 1.82) is 5.26 Å². The van der Waals surface area contributed by atoms with Gasteiger partial charge in [0.25, 0.3) is 11.8 Å². The molecule has 0 aliphatic carbocycles. The average Bonchev–Trinajstić information content (AvgIpc) is 3.12. The SMILES string of the molecule is CC(C)(C#N)n1cc(Nc2ncc(F)c(OCC3CCNCC3(F)F)n2)cn1. The molecule has 0 saturated carbocycles. The van der Waals surface area contributed by atoms with Gasteiger partial charge in [-0.15, -0.1) is 0 Å². The molecule has 0 radical (unpaired) electrons. The first kappa shape index (κ1) is 19.9. The van der Waals surface area contributed by atoms with Gasteiger partial charge in [0.05, 0.1) is 49.4 Å². The van der Waals surface area contributed by atoms with Gasteiger partial charge in [-0.2, -0.15) is 19.7 Å². The highest BCUT2D eigenvalue weighted by molar-refractivity contribution is 5.50. The number of piperidine rings is 1. The van der Waals surface area contributed by atoms with Crippen molar-refractivity contribution in [2.24, 2.45) is 5.92 Å². The number of hydrogen-bond donors (Lipinski definition) is 2. The van der Waals surface area contributed by atoms with Crippen LogP contribution in [0, 0.1) is 23.1 Å². The molecule has 28 heavy (non-hydrogen) atoms. The topological polar surface area (TPSA) is 101 Å². The van der Waals surface area contributed by atoms with Crippen LogP contribution in [-0.4, -0.2) is 45.4 Å². The van der Waals surface area contributed by atoms with E-state index in [0.29, 0.717) is 12.2 Å². The molecule has 2 aromatic heterocycles. The number of aromatic nitrogens is 4. The highest BCUT2D eigenvalue weighted by Crippen LogP contribution is 2.30. The first-order chi connectivity index (χ1) is 13.2. The maximum Gasteiger partial charge on any atom is 0.266 e. The Balaban J connectivity index is 1.69. The Bertz CT molecular complexity index is 878. The fourth-order valence-electron chi connectivity index (χ4n) is 2.66. The van der Waals surface area contributed by atoms with E-state index in [1.807, 2.05) is 0 Å². The molecule has 0 bridgehead atoms. The molecule has 11 heteroatoms. The third-order valence-corrected chi connectivity index (χ3v) is 4.45. The Morgan fingerprint density at radius 2 is 2.25 bits per heavy atom. The van der Waals surface area contributed by atoms with Crippen LogP contribution in [0.15, 0.2) is 18.6 Å². The van der Waals surface area contributed by atoms with Gasteiger partial charge < -0.3 is 15.4 Å². The molecule has 1 atom stereocenters. The summed E-state index contributed by atoms with van der Waals surface area (Å²) in [6.07, 6.45) is 4.15. The van der Waals surface area contributed by atoms with E-state index in [9.17, 15) is 13.2 Å². The van der Waals surface area contributed by atoms with Crippen molar-refractivity contribution < 1.29 is 17.9 Å². The zero-order valence-electron chi connectivity index (χ0n) is 15.4. The monoisotopic (exact) mass is 395 g/mol. The van der Waals surface area contributed by atoms with Gasteiger partial charge in [0, 0.05) is 0 Å². The van der Waals surface area contributed by atoms with Crippen molar-refractivity contribution in [3.63, 3.8) is 0 Å². The maximum absolute atomic E-state index is 13.9. The molecule has 2 aromatic rings. The lowest BCUT2D eigenvalue weighted by Gasteiger charge is -2.31. The molecule has 1 saturated heterocycles. The summed E-state index contributed by atoms with van der Waals surface area (Å²) < 4.78 is 48.3. The molecule has 8 nitrogen and oxygen atoms in total. The van der Waals surface area contributed by atoms with Gasteiger partial charge in [-0.3, -0.25) is 4.68 Å². The Morgan fingerprint density at radius 3 is 2.96 bits per heavy atom. The highest BCUT2D eigenvalue weighted by atomic mass is 19.3. The van der Waals surface area contributed by atoms with Gasteiger partial charge in [0.15, 0.2) is 0 Å². The summed E-state index contributed by atoms with van der Waals surface area (Å²) in [5.41, 5.74) is -0.372. The maximum atomic E-state index is 13.9. The summed E-state index contributed by atoms with van der Waals surface area (Å²) in [5.74, 6) is -5.18. The number of ether oxygens (including phenoxy) is 1. The van der Waals surface area contributed by atoms with Crippen molar-refractivity contribution >= 4 is 11.6 Å². The number of alkyl halides is 2. The zero-order chi connectivity index (χ0) is 20.4. The van der Waals surface area contributed by atoms with Crippen LogP contribution >= 0.6 is 0 Å². The van der Waals surface area contributed by atoms with E-state index in [4.69, 9.17) is 10.00 Å². The van der Waals surface area contributed by atoms with E-state index in [-0.39, 0.29) is 19.0 Å². The third kappa shape index (κ3) is 4.33. The number of halogens is 3. The number of nitrogens with one attached hydrogen (secondary N) is 2. The second kappa shape index (κ2) is 7.63. The fourth-order valence-corrected chi connectivity index (χ4v) is 2.66. The Hall–Kier alpha value is -2.87. The average molecular weight is 395 g/mol. The van der Waals surface area contributed by atoms with E-state index in [1.54, 1.807) is 20.0 Å². The molecule has 0 spiro atoms. The summed E-state index contributed by atoms with van der Waals surface area (Å²) in [7, 11) is 0. The molecule has 3 rings (SSSR count). The van der Waals surface area contributed by atoms with Crippen LogP contribution in [-0.2, 0) is 5.54 Å². The first-order valence-corrected chi connectivity index (χ1v) is 8.68. The number of nitriles is 1. The number of nitrogens with zero attached hydrogens (tertiary/aromatic N) is 5. The fraction of sp³-hybridized carbons (Fsp3) is 0.529. The number of hydrogen-bond acceptors (Lipinski definition) is 7. The minimum atomic E-state index is -2.93. The molecular weight excluding hydrogens is 375 g/mol. The Kier molecular flexibility index (Phi) is 5.42. The molecule has 3 heterocycles. The van der Waals surface area contributed by atoms with Crippen LogP contribution in [0.3, 0.4) is 0 Å². The van der Waals surface area contributed by atoms with Crippen LogP contribution in [0.1, 0.15) is 20.3 Å². The van der Waals surface area contributed by atoms with Crippen molar-refractivity contribution in [3.05, 3.63) is 24.4 Å². The van der Waals surface area contributed by atoms with Gasteiger partial charge in [-0.05, 0) is 26.8 Å².